The summed E-state index contributed by atoms with van der Waals surface area (Å²) >= 11 is 5.07. The summed E-state index contributed by atoms with van der Waals surface area (Å²) in [6.45, 7) is 1.98. The van der Waals surface area contributed by atoms with Crippen LogP contribution in [0.2, 0.25) is 0 Å². The van der Waals surface area contributed by atoms with Gasteiger partial charge in [-0.1, -0.05) is 0 Å². The summed E-state index contributed by atoms with van der Waals surface area (Å²) in [5.74, 6) is -0.735. The van der Waals surface area contributed by atoms with Crippen LogP contribution in [0.4, 0.5) is 0 Å². The van der Waals surface area contributed by atoms with Gasteiger partial charge < -0.3 is 4.74 Å². The summed E-state index contributed by atoms with van der Waals surface area (Å²) in [5, 5.41) is 1.96. The van der Waals surface area contributed by atoms with Crippen molar-refractivity contribution in [3.05, 3.63) is 20.3 Å². The molecule has 100 valence electrons. The van der Waals surface area contributed by atoms with Crippen molar-refractivity contribution in [2.75, 3.05) is 0 Å². The molecule has 2 saturated heterocycles. The van der Waals surface area contributed by atoms with Crippen LogP contribution in [0.25, 0.3) is 0 Å². The average molecular weight is 341 g/mol. The van der Waals surface area contributed by atoms with E-state index in [1.807, 2.05) is 12.3 Å². The predicted molar refractivity (Wildman–Crippen MR) is 74.4 cm³/mol. The fraction of sp³-hybridized carbons (Fsp3) is 0.571. The maximum absolute atomic E-state index is 12.7. The van der Waals surface area contributed by atoms with Gasteiger partial charge in [-0.3, -0.25) is 9.59 Å². The largest absolute Gasteiger partial charge is 0.373 e. The zero-order chi connectivity index (χ0) is 13.3. The Balaban J connectivity index is 1.80. The standard InChI is InChI=1S/C14H13BrO3S/c1-5-9(6(15)4-19-5)12-13(16)10-7-2-3-8(18-7)11(10)14(12)17/h4,7-8,10-12H,2-3H2,1H3/t7?,8?,10-,11+,12?. The maximum Gasteiger partial charge on any atom is 0.154 e. The minimum Gasteiger partial charge on any atom is -0.373 e. The SMILES string of the molecule is Cc1scc(Br)c1C1C(=O)[C@@H]2C3CCC(O3)[C@@H]2C1=O. The molecule has 0 radical (unpaired) electrons. The molecule has 3 fully saturated rings. The van der Waals surface area contributed by atoms with E-state index < -0.39 is 5.92 Å². The lowest BCUT2D eigenvalue weighted by atomic mass is 9.81. The first-order chi connectivity index (χ1) is 9.09. The number of Topliss-reactive ketones (excluding diaryl/α,β-unsaturated/α-hetero) is 2. The molecule has 0 N–H and O–H groups in total. The highest BCUT2D eigenvalue weighted by Gasteiger charge is 2.63. The summed E-state index contributed by atoms with van der Waals surface area (Å²) in [6.07, 6.45) is 1.85. The third-order valence-electron chi connectivity index (χ3n) is 4.76. The van der Waals surface area contributed by atoms with Crippen molar-refractivity contribution in [2.24, 2.45) is 11.8 Å². The molecule has 1 aliphatic carbocycles. The summed E-state index contributed by atoms with van der Waals surface area (Å²) in [6, 6.07) is 0. The Hall–Kier alpha value is -0.520. The molecule has 3 nitrogen and oxygen atoms in total. The second-order valence-corrected chi connectivity index (χ2v) is 7.57. The molecule has 2 aliphatic heterocycles. The molecule has 1 saturated carbocycles. The molecule has 0 amide bonds. The lowest BCUT2D eigenvalue weighted by Crippen LogP contribution is -2.29. The van der Waals surface area contributed by atoms with Crippen molar-refractivity contribution in [3.63, 3.8) is 0 Å². The van der Waals surface area contributed by atoms with E-state index in [4.69, 9.17) is 4.74 Å². The number of carbonyl (C=O) groups is 2. The molecule has 1 aromatic heterocycles. The summed E-state index contributed by atoms with van der Waals surface area (Å²) < 4.78 is 6.65. The quantitative estimate of drug-likeness (QED) is 0.738. The van der Waals surface area contributed by atoms with Gasteiger partial charge in [0.15, 0.2) is 11.6 Å². The molecule has 0 aromatic carbocycles. The van der Waals surface area contributed by atoms with Gasteiger partial charge >= 0.3 is 0 Å². The third-order valence-corrected chi connectivity index (χ3v) is 6.65. The van der Waals surface area contributed by atoms with Crippen LogP contribution in [-0.2, 0) is 14.3 Å². The Labute approximate surface area is 123 Å². The van der Waals surface area contributed by atoms with E-state index in [0.717, 1.165) is 27.8 Å². The Kier molecular flexibility index (Phi) is 2.57. The summed E-state index contributed by atoms with van der Waals surface area (Å²) in [4.78, 5) is 26.4. The van der Waals surface area contributed by atoms with Gasteiger partial charge in [0.1, 0.15) is 5.92 Å². The second-order valence-electron chi connectivity index (χ2n) is 5.63. The van der Waals surface area contributed by atoms with Crippen LogP contribution in [0.1, 0.15) is 29.2 Å². The maximum atomic E-state index is 12.7. The lowest BCUT2D eigenvalue weighted by molar-refractivity contribution is -0.127. The van der Waals surface area contributed by atoms with Gasteiger partial charge in [0.2, 0.25) is 0 Å². The van der Waals surface area contributed by atoms with Gasteiger partial charge in [-0.15, -0.1) is 11.3 Å². The number of carbonyl (C=O) groups excluding carboxylic acids is 2. The smallest absolute Gasteiger partial charge is 0.154 e. The van der Waals surface area contributed by atoms with Crippen molar-refractivity contribution < 1.29 is 14.3 Å². The van der Waals surface area contributed by atoms with Crippen LogP contribution < -0.4 is 0 Å². The third kappa shape index (κ3) is 1.46. The van der Waals surface area contributed by atoms with Crippen molar-refractivity contribution in [1.29, 1.82) is 0 Å². The van der Waals surface area contributed by atoms with E-state index in [0.29, 0.717) is 0 Å². The van der Waals surface area contributed by atoms with Gasteiger partial charge in [-0.2, -0.15) is 0 Å². The lowest BCUT2D eigenvalue weighted by Gasteiger charge is -2.16. The first-order valence-electron chi connectivity index (χ1n) is 6.56. The molecule has 4 rings (SSSR count). The highest BCUT2D eigenvalue weighted by atomic mass is 79.9. The number of hydrogen-bond donors (Lipinski definition) is 0. The number of hydrogen-bond acceptors (Lipinski definition) is 4. The number of aryl methyl sites for hydroxylation is 1. The normalized spacial score (nSPS) is 40.2. The van der Waals surface area contributed by atoms with Crippen LogP contribution in [-0.4, -0.2) is 23.8 Å². The molecule has 5 heteroatoms. The average Bonchev–Trinajstić information content (AvgIpc) is 3.10. The molecular weight excluding hydrogens is 328 g/mol. The molecule has 3 aliphatic rings. The topological polar surface area (TPSA) is 43.4 Å². The Morgan fingerprint density at radius 3 is 2.26 bits per heavy atom. The number of thiophene rings is 1. The van der Waals surface area contributed by atoms with Gasteiger partial charge in [0, 0.05) is 14.7 Å². The van der Waals surface area contributed by atoms with Crippen molar-refractivity contribution in [1.82, 2.24) is 0 Å². The zero-order valence-electron chi connectivity index (χ0n) is 10.4. The molecular formula is C14H13BrO3S. The Morgan fingerprint density at radius 1 is 1.21 bits per heavy atom. The molecule has 3 unspecified atom stereocenters. The van der Waals surface area contributed by atoms with Crippen LogP contribution in [0.3, 0.4) is 0 Å². The number of ether oxygens (including phenoxy) is 1. The van der Waals surface area contributed by atoms with E-state index in [9.17, 15) is 9.59 Å². The minimum atomic E-state index is -0.553. The van der Waals surface area contributed by atoms with E-state index >= 15 is 0 Å². The van der Waals surface area contributed by atoms with E-state index in [1.165, 1.54) is 0 Å². The monoisotopic (exact) mass is 340 g/mol. The summed E-state index contributed by atoms with van der Waals surface area (Å²) in [7, 11) is 0. The first kappa shape index (κ1) is 12.2. The van der Waals surface area contributed by atoms with Crippen LogP contribution in [0.5, 0.6) is 0 Å². The highest BCUT2D eigenvalue weighted by molar-refractivity contribution is 9.10. The molecule has 3 heterocycles. The molecule has 2 bridgehead atoms. The van der Waals surface area contributed by atoms with Gasteiger partial charge in [0.25, 0.3) is 0 Å². The summed E-state index contributed by atoms with van der Waals surface area (Å²) in [5.41, 5.74) is 0.897. The molecule has 5 atom stereocenters. The predicted octanol–water partition coefficient (Wildman–Crippen LogP) is 2.85. The van der Waals surface area contributed by atoms with Crippen molar-refractivity contribution in [3.8, 4) is 0 Å². The Morgan fingerprint density at radius 2 is 1.79 bits per heavy atom. The molecule has 1 aromatic rings. The highest BCUT2D eigenvalue weighted by Crippen LogP contribution is 2.53. The minimum absolute atomic E-state index is 0.00540. The van der Waals surface area contributed by atoms with Crippen molar-refractivity contribution >= 4 is 38.8 Å². The number of halogens is 1. The molecule has 0 spiro atoms. The number of fused-ring (bicyclic) bond motifs is 5. The van der Waals surface area contributed by atoms with E-state index in [2.05, 4.69) is 15.9 Å². The second kappa shape index (κ2) is 3.99. The van der Waals surface area contributed by atoms with Crippen LogP contribution >= 0.6 is 27.3 Å². The van der Waals surface area contributed by atoms with Gasteiger partial charge in [-0.25, -0.2) is 0 Å². The van der Waals surface area contributed by atoms with Crippen LogP contribution in [0.15, 0.2) is 9.85 Å². The Bertz CT molecular complexity index is 546. The van der Waals surface area contributed by atoms with Crippen molar-refractivity contribution in [2.45, 2.75) is 37.9 Å². The van der Waals surface area contributed by atoms with Gasteiger partial charge in [-0.05, 0) is 41.3 Å². The van der Waals surface area contributed by atoms with Gasteiger partial charge in [0.05, 0.1) is 24.0 Å². The fourth-order valence-electron chi connectivity index (χ4n) is 3.99. The first-order valence-corrected chi connectivity index (χ1v) is 8.23. The fourth-order valence-corrected chi connectivity index (χ4v) is 5.69. The number of rotatable bonds is 1. The zero-order valence-corrected chi connectivity index (χ0v) is 12.8. The van der Waals surface area contributed by atoms with E-state index in [1.54, 1.807) is 11.3 Å². The number of ketones is 2. The van der Waals surface area contributed by atoms with E-state index in [-0.39, 0.29) is 35.6 Å². The van der Waals surface area contributed by atoms with Crippen LogP contribution in [0, 0.1) is 18.8 Å². The molecule has 19 heavy (non-hydrogen) atoms.